The molecular formula is C16H30O4. The van der Waals surface area contributed by atoms with E-state index in [1.165, 1.54) is 19.3 Å². The molecule has 4 nitrogen and oxygen atoms in total. The number of hydrogen-bond donors (Lipinski definition) is 1. The maximum atomic E-state index is 11.7. The molecule has 1 unspecified atom stereocenters. The van der Waals surface area contributed by atoms with Crippen LogP contribution >= 0.6 is 0 Å². The molecule has 0 amide bonds. The van der Waals surface area contributed by atoms with Crippen LogP contribution in [-0.4, -0.2) is 37.5 Å². The highest BCUT2D eigenvalue weighted by molar-refractivity contribution is 5.87. The monoisotopic (exact) mass is 286 g/mol. The lowest BCUT2D eigenvalue weighted by atomic mass is 9.93. The number of esters is 1. The molecule has 0 aromatic heterocycles. The summed E-state index contributed by atoms with van der Waals surface area (Å²) >= 11 is 0. The fraction of sp³-hybridized carbons (Fsp3) is 0.812. The zero-order chi connectivity index (χ0) is 15.2. The lowest BCUT2D eigenvalue weighted by Crippen LogP contribution is -2.14. The van der Waals surface area contributed by atoms with Crippen molar-refractivity contribution in [3.8, 4) is 0 Å². The number of hydrogen-bond acceptors (Lipinski definition) is 4. The van der Waals surface area contributed by atoms with Gasteiger partial charge in [-0.2, -0.15) is 0 Å². The first-order valence-electron chi connectivity index (χ1n) is 7.69. The van der Waals surface area contributed by atoms with Crippen LogP contribution in [0.1, 0.15) is 52.4 Å². The molecule has 0 saturated heterocycles. The third kappa shape index (κ3) is 9.98. The van der Waals surface area contributed by atoms with E-state index in [0.717, 1.165) is 12.8 Å². The zero-order valence-electron chi connectivity index (χ0n) is 13.0. The number of ether oxygens (including phenoxy) is 2. The van der Waals surface area contributed by atoms with Gasteiger partial charge >= 0.3 is 5.97 Å². The van der Waals surface area contributed by atoms with E-state index in [1.807, 2.05) is 0 Å². The van der Waals surface area contributed by atoms with Gasteiger partial charge in [-0.25, -0.2) is 4.79 Å². The summed E-state index contributed by atoms with van der Waals surface area (Å²) in [6, 6.07) is 0. The Kier molecular flexibility index (Phi) is 12.6. The van der Waals surface area contributed by atoms with Crippen molar-refractivity contribution in [1.82, 2.24) is 0 Å². The van der Waals surface area contributed by atoms with Gasteiger partial charge in [-0.05, 0) is 18.8 Å². The molecule has 0 heterocycles. The Morgan fingerprint density at radius 1 is 1.20 bits per heavy atom. The molecule has 0 saturated carbocycles. The summed E-state index contributed by atoms with van der Waals surface area (Å²) < 4.78 is 10.1. The molecule has 118 valence electrons. The summed E-state index contributed by atoms with van der Waals surface area (Å²) in [5.41, 5.74) is 0.544. The van der Waals surface area contributed by atoms with Crippen molar-refractivity contribution in [3.05, 3.63) is 12.2 Å². The van der Waals surface area contributed by atoms with Gasteiger partial charge in [0.2, 0.25) is 0 Å². The van der Waals surface area contributed by atoms with Gasteiger partial charge in [0, 0.05) is 5.57 Å². The van der Waals surface area contributed by atoms with E-state index in [0.29, 0.717) is 24.5 Å². The molecule has 0 rings (SSSR count). The largest absolute Gasteiger partial charge is 0.460 e. The van der Waals surface area contributed by atoms with Crippen molar-refractivity contribution in [2.75, 3.05) is 26.4 Å². The number of unbranched alkanes of at least 4 members (excludes halogenated alkanes) is 1. The van der Waals surface area contributed by atoms with Crippen molar-refractivity contribution < 1.29 is 19.4 Å². The molecule has 0 spiro atoms. The SMILES string of the molecule is C=C(CCC(CC)CCCC)C(=O)OCCOCCO. The van der Waals surface area contributed by atoms with E-state index in [-0.39, 0.29) is 25.8 Å². The van der Waals surface area contributed by atoms with Gasteiger partial charge in [0.25, 0.3) is 0 Å². The van der Waals surface area contributed by atoms with E-state index < -0.39 is 0 Å². The van der Waals surface area contributed by atoms with E-state index in [2.05, 4.69) is 20.4 Å². The molecule has 0 aliphatic heterocycles. The minimum Gasteiger partial charge on any atom is -0.460 e. The van der Waals surface area contributed by atoms with Crippen LogP contribution in [0.15, 0.2) is 12.2 Å². The average molecular weight is 286 g/mol. The first kappa shape index (κ1) is 19.1. The predicted molar refractivity (Wildman–Crippen MR) is 80.5 cm³/mol. The Morgan fingerprint density at radius 2 is 1.95 bits per heavy atom. The fourth-order valence-corrected chi connectivity index (χ4v) is 1.99. The normalized spacial score (nSPS) is 12.2. The van der Waals surface area contributed by atoms with Crippen LogP contribution in [0.25, 0.3) is 0 Å². The van der Waals surface area contributed by atoms with Gasteiger partial charge in [-0.15, -0.1) is 0 Å². The summed E-state index contributed by atoms with van der Waals surface area (Å²) in [5, 5.41) is 8.52. The summed E-state index contributed by atoms with van der Waals surface area (Å²) in [6.45, 7) is 8.97. The molecule has 4 heteroatoms. The fourth-order valence-electron chi connectivity index (χ4n) is 1.99. The molecule has 1 atom stereocenters. The van der Waals surface area contributed by atoms with Crippen LogP contribution in [-0.2, 0) is 14.3 Å². The highest BCUT2D eigenvalue weighted by Crippen LogP contribution is 2.20. The van der Waals surface area contributed by atoms with Crippen molar-refractivity contribution >= 4 is 5.97 Å². The predicted octanol–water partition coefficient (Wildman–Crippen LogP) is 3.09. The maximum Gasteiger partial charge on any atom is 0.333 e. The van der Waals surface area contributed by atoms with Gasteiger partial charge in [-0.1, -0.05) is 46.1 Å². The van der Waals surface area contributed by atoms with E-state index in [1.54, 1.807) is 0 Å². The first-order valence-corrected chi connectivity index (χ1v) is 7.69. The Hall–Kier alpha value is -0.870. The molecular weight excluding hydrogens is 256 g/mol. The van der Waals surface area contributed by atoms with Crippen LogP contribution in [0.3, 0.4) is 0 Å². The van der Waals surface area contributed by atoms with Crippen LogP contribution in [0.2, 0.25) is 0 Å². The minimum absolute atomic E-state index is 0.0170. The standard InChI is InChI=1S/C16H30O4/c1-4-6-7-15(5-2)9-8-14(3)16(18)20-13-12-19-11-10-17/h15,17H,3-13H2,1-2H3. The third-order valence-electron chi connectivity index (χ3n) is 3.38. The van der Waals surface area contributed by atoms with Crippen LogP contribution < -0.4 is 0 Å². The summed E-state index contributed by atoms with van der Waals surface area (Å²) in [7, 11) is 0. The number of aliphatic hydroxyl groups excluding tert-OH is 1. The number of carbonyl (C=O) groups excluding carboxylic acids is 1. The Bertz CT molecular complexity index is 263. The topological polar surface area (TPSA) is 55.8 Å². The van der Waals surface area contributed by atoms with E-state index in [9.17, 15) is 4.79 Å². The molecule has 0 radical (unpaired) electrons. The minimum atomic E-state index is -0.331. The second-order valence-corrected chi connectivity index (χ2v) is 5.03. The van der Waals surface area contributed by atoms with Gasteiger partial charge in [-0.3, -0.25) is 0 Å². The molecule has 0 aromatic carbocycles. The summed E-state index contributed by atoms with van der Waals surface area (Å²) in [5.74, 6) is 0.343. The van der Waals surface area contributed by atoms with Gasteiger partial charge in [0.15, 0.2) is 0 Å². The Labute approximate surface area is 123 Å². The van der Waals surface area contributed by atoms with Gasteiger partial charge < -0.3 is 14.6 Å². The molecule has 1 N–H and O–H groups in total. The molecule has 0 bridgehead atoms. The highest BCUT2D eigenvalue weighted by atomic mass is 16.6. The maximum absolute atomic E-state index is 11.7. The average Bonchev–Trinajstić information content (AvgIpc) is 2.46. The lowest BCUT2D eigenvalue weighted by Gasteiger charge is -2.14. The van der Waals surface area contributed by atoms with Crippen LogP contribution in [0, 0.1) is 5.92 Å². The van der Waals surface area contributed by atoms with Crippen LogP contribution in [0.4, 0.5) is 0 Å². The quantitative estimate of drug-likeness (QED) is 0.321. The smallest absolute Gasteiger partial charge is 0.333 e. The summed E-state index contributed by atoms with van der Waals surface area (Å²) in [4.78, 5) is 11.7. The van der Waals surface area contributed by atoms with E-state index >= 15 is 0 Å². The second-order valence-electron chi connectivity index (χ2n) is 5.03. The summed E-state index contributed by atoms with van der Waals surface area (Å²) in [6.07, 6.45) is 6.55. The third-order valence-corrected chi connectivity index (χ3v) is 3.38. The van der Waals surface area contributed by atoms with Crippen molar-refractivity contribution in [1.29, 1.82) is 0 Å². The molecule has 0 aliphatic rings. The van der Waals surface area contributed by atoms with Crippen molar-refractivity contribution in [2.45, 2.75) is 52.4 Å². The zero-order valence-corrected chi connectivity index (χ0v) is 13.0. The van der Waals surface area contributed by atoms with E-state index in [4.69, 9.17) is 14.6 Å². The lowest BCUT2D eigenvalue weighted by molar-refractivity contribution is -0.140. The van der Waals surface area contributed by atoms with Crippen molar-refractivity contribution in [3.63, 3.8) is 0 Å². The van der Waals surface area contributed by atoms with Crippen molar-refractivity contribution in [2.24, 2.45) is 5.92 Å². The number of carbonyl (C=O) groups is 1. The Morgan fingerprint density at radius 3 is 2.55 bits per heavy atom. The molecule has 0 aromatic rings. The van der Waals surface area contributed by atoms with Crippen LogP contribution in [0.5, 0.6) is 0 Å². The van der Waals surface area contributed by atoms with Gasteiger partial charge in [0.05, 0.1) is 19.8 Å². The molecule has 20 heavy (non-hydrogen) atoms. The number of aliphatic hydroxyl groups is 1. The first-order chi connectivity index (χ1) is 9.65. The number of rotatable bonds is 13. The second kappa shape index (κ2) is 13.1. The highest BCUT2D eigenvalue weighted by Gasteiger charge is 2.12. The molecule has 0 aliphatic carbocycles. The van der Waals surface area contributed by atoms with Gasteiger partial charge in [0.1, 0.15) is 6.61 Å². The molecule has 0 fully saturated rings. The Balaban J connectivity index is 3.75.